The van der Waals surface area contributed by atoms with Crippen molar-refractivity contribution in [3.05, 3.63) is 68.6 Å². The van der Waals surface area contributed by atoms with Crippen molar-refractivity contribution < 1.29 is 4.79 Å². The van der Waals surface area contributed by atoms with Crippen molar-refractivity contribution in [2.24, 2.45) is 0 Å². The van der Waals surface area contributed by atoms with E-state index in [-0.39, 0.29) is 5.78 Å². The van der Waals surface area contributed by atoms with Crippen LogP contribution in [0.25, 0.3) is 0 Å². The minimum atomic E-state index is -0.785. The molecule has 0 radical (unpaired) electrons. The van der Waals surface area contributed by atoms with E-state index in [1.54, 1.807) is 24.3 Å². The van der Waals surface area contributed by atoms with Crippen molar-refractivity contribution >= 4 is 37.6 Å². The summed E-state index contributed by atoms with van der Waals surface area (Å²) < 4.78 is 1.50. The highest BCUT2D eigenvalue weighted by Gasteiger charge is 2.23. The molecule has 0 N–H and O–H groups in total. The van der Waals surface area contributed by atoms with Crippen molar-refractivity contribution in [2.75, 3.05) is 0 Å². The lowest BCUT2D eigenvalue weighted by molar-refractivity contribution is 0.0978. The Morgan fingerprint density at radius 3 is 2.42 bits per heavy atom. The first-order chi connectivity index (χ1) is 9.13. The first-order valence-electron chi connectivity index (χ1n) is 5.57. The van der Waals surface area contributed by atoms with Crippen LogP contribution in [0.2, 0.25) is 0 Å². The van der Waals surface area contributed by atoms with Crippen LogP contribution in [0.15, 0.2) is 57.5 Å². The molecule has 0 saturated carbocycles. The molecular formula is C15H9Br2NO. The number of ketones is 1. The standard InChI is InChI=1S/C15H9Br2NO/c16-11-6-7-14(17)12(8-11)15(19)13(9-18)10-4-2-1-3-5-10/h1-8,13H. The highest BCUT2D eigenvalue weighted by Crippen LogP contribution is 2.27. The summed E-state index contributed by atoms with van der Waals surface area (Å²) in [5.41, 5.74) is 1.21. The van der Waals surface area contributed by atoms with Gasteiger partial charge in [0.15, 0.2) is 5.78 Å². The van der Waals surface area contributed by atoms with Crippen LogP contribution in [-0.4, -0.2) is 5.78 Å². The molecule has 0 spiro atoms. The number of benzene rings is 2. The van der Waals surface area contributed by atoms with Crippen LogP contribution in [0.1, 0.15) is 21.8 Å². The summed E-state index contributed by atoms with van der Waals surface area (Å²) in [5, 5.41) is 9.27. The van der Waals surface area contributed by atoms with Gasteiger partial charge in [-0.25, -0.2) is 0 Å². The fraction of sp³-hybridized carbons (Fsp3) is 0.0667. The average molecular weight is 379 g/mol. The lowest BCUT2D eigenvalue weighted by atomic mass is 9.92. The van der Waals surface area contributed by atoms with Crippen molar-refractivity contribution in [1.29, 1.82) is 5.26 Å². The zero-order valence-electron chi connectivity index (χ0n) is 9.81. The second-order valence-electron chi connectivity index (χ2n) is 3.96. The van der Waals surface area contributed by atoms with Gasteiger partial charge in [0.1, 0.15) is 5.92 Å². The molecule has 0 aliphatic carbocycles. The molecule has 2 aromatic rings. The van der Waals surface area contributed by atoms with Gasteiger partial charge in [-0.05, 0) is 23.8 Å². The minimum Gasteiger partial charge on any atom is -0.292 e. The van der Waals surface area contributed by atoms with Crippen LogP contribution in [0, 0.1) is 11.3 Å². The molecule has 0 aliphatic heterocycles. The Morgan fingerprint density at radius 2 is 1.79 bits per heavy atom. The number of Topliss-reactive ketones (excluding diaryl/α,β-unsaturated/α-hetero) is 1. The van der Waals surface area contributed by atoms with Crippen LogP contribution in [0.4, 0.5) is 0 Å². The fourth-order valence-corrected chi connectivity index (χ4v) is 2.57. The quantitative estimate of drug-likeness (QED) is 0.726. The smallest absolute Gasteiger partial charge is 0.185 e. The molecule has 0 saturated heterocycles. The summed E-state index contributed by atoms with van der Waals surface area (Å²) in [6, 6.07) is 16.5. The van der Waals surface area contributed by atoms with Gasteiger partial charge in [-0.3, -0.25) is 4.79 Å². The summed E-state index contributed by atoms with van der Waals surface area (Å²) in [6.45, 7) is 0. The van der Waals surface area contributed by atoms with E-state index in [2.05, 4.69) is 37.9 Å². The summed E-state index contributed by atoms with van der Waals surface area (Å²) in [7, 11) is 0. The number of carbonyl (C=O) groups excluding carboxylic acids is 1. The Balaban J connectivity index is 2.43. The summed E-state index contributed by atoms with van der Waals surface area (Å²) in [6.07, 6.45) is 0. The monoisotopic (exact) mass is 377 g/mol. The third kappa shape index (κ3) is 3.12. The lowest BCUT2D eigenvalue weighted by Gasteiger charge is -2.10. The molecule has 4 heteroatoms. The molecule has 0 heterocycles. The second-order valence-corrected chi connectivity index (χ2v) is 5.73. The number of carbonyl (C=O) groups is 1. The van der Waals surface area contributed by atoms with Gasteiger partial charge < -0.3 is 0 Å². The van der Waals surface area contributed by atoms with Crippen molar-refractivity contribution in [2.45, 2.75) is 5.92 Å². The Bertz CT molecular complexity index is 647. The van der Waals surface area contributed by atoms with Crippen LogP contribution in [0.3, 0.4) is 0 Å². The zero-order chi connectivity index (χ0) is 13.8. The molecule has 1 atom stereocenters. The third-order valence-electron chi connectivity index (χ3n) is 2.72. The molecule has 94 valence electrons. The van der Waals surface area contributed by atoms with Gasteiger partial charge in [-0.2, -0.15) is 5.26 Å². The van der Waals surface area contributed by atoms with Gasteiger partial charge in [-0.1, -0.05) is 62.2 Å². The second kappa shape index (κ2) is 6.14. The normalized spacial score (nSPS) is 11.6. The van der Waals surface area contributed by atoms with Crippen molar-refractivity contribution in [3.63, 3.8) is 0 Å². The summed E-state index contributed by atoms with van der Waals surface area (Å²) in [5.74, 6) is -0.992. The zero-order valence-corrected chi connectivity index (χ0v) is 13.0. The maximum absolute atomic E-state index is 12.5. The number of nitriles is 1. The Morgan fingerprint density at radius 1 is 1.11 bits per heavy atom. The number of nitrogens with zero attached hydrogens (tertiary/aromatic N) is 1. The van der Waals surface area contributed by atoms with E-state index in [1.165, 1.54) is 0 Å². The molecule has 2 rings (SSSR count). The van der Waals surface area contributed by atoms with E-state index >= 15 is 0 Å². The summed E-state index contributed by atoms with van der Waals surface area (Å²) >= 11 is 6.69. The average Bonchev–Trinajstić information content (AvgIpc) is 2.43. The van der Waals surface area contributed by atoms with E-state index in [1.807, 2.05) is 24.3 Å². The molecule has 0 aromatic heterocycles. The van der Waals surface area contributed by atoms with E-state index in [0.29, 0.717) is 15.6 Å². The maximum atomic E-state index is 12.5. The fourth-order valence-electron chi connectivity index (χ4n) is 1.77. The Kier molecular flexibility index (Phi) is 4.52. The van der Waals surface area contributed by atoms with Crippen LogP contribution in [0.5, 0.6) is 0 Å². The van der Waals surface area contributed by atoms with E-state index < -0.39 is 5.92 Å². The maximum Gasteiger partial charge on any atom is 0.185 e. The molecule has 2 aromatic carbocycles. The molecule has 0 amide bonds. The highest BCUT2D eigenvalue weighted by molar-refractivity contribution is 9.11. The Labute approximate surface area is 128 Å². The van der Waals surface area contributed by atoms with Crippen LogP contribution < -0.4 is 0 Å². The largest absolute Gasteiger partial charge is 0.292 e. The molecule has 0 bridgehead atoms. The van der Waals surface area contributed by atoms with Gasteiger partial charge in [0.05, 0.1) is 6.07 Å². The Hall–Kier alpha value is -1.44. The van der Waals surface area contributed by atoms with E-state index in [9.17, 15) is 10.1 Å². The van der Waals surface area contributed by atoms with Crippen LogP contribution >= 0.6 is 31.9 Å². The number of rotatable bonds is 3. The number of halogens is 2. The number of hydrogen-bond donors (Lipinski definition) is 0. The summed E-state index contributed by atoms with van der Waals surface area (Å²) in [4.78, 5) is 12.5. The molecule has 1 unspecified atom stereocenters. The van der Waals surface area contributed by atoms with Gasteiger partial charge in [0.2, 0.25) is 0 Å². The molecular weight excluding hydrogens is 370 g/mol. The predicted octanol–water partition coefficient (Wildman–Crippen LogP) is 4.70. The van der Waals surface area contributed by atoms with Gasteiger partial charge in [-0.15, -0.1) is 0 Å². The van der Waals surface area contributed by atoms with Crippen molar-refractivity contribution in [3.8, 4) is 6.07 Å². The highest BCUT2D eigenvalue weighted by atomic mass is 79.9. The minimum absolute atomic E-state index is 0.207. The first-order valence-corrected chi connectivity index (χ1v) is 7.16. The molecule has 2 nitrogen and oxygen atoms in total. The third-order valence-corrected chi connectivity index (χ3v) is 3.90. The van der Waals surface area contributed by atoms with E-state index in [4.69, 9.17) is 0 Å². The van der Waals surface area contributed by atoms with Crippen LogP contribution in [-0.2, 0) is 0 Å². The lowest BCUT2D eigenvalue weighted by Crippen LogP contribution is -2.11. The first kappa shape index (κ1) is 14.0. The molecule has 19 heavy (non-hydrogen) atoms. The molecule has 0 aliphatic rings. The van der Waals surface area contributed by atoms with Gasteiger partial charge in [0, 0.05) is 14.5 Å². The topological polar surface area (TPSA) is 40.9 Å². The molecule has 0 fully saturated rings. The van der Waals surface area contributed by atoms with E-state index in [0.717, 1.165) is 4.47 Å². The SMILES string of the molecule is N#CC(C(=O)c1cc(Br)ccc1Br)c1ccccc1. The van der Waals surface area contributed by atoms with Crippen molar-refractivity contribution in [1.82, 2.24) is 0 Å². The number of hydrogen-bond acceptors (Lipinski definition) is 2. The predicted molar refractivity (Wildman–Crippen MR) is 81.0 cm³/mol. The van der Waals surface area contributed by atoms with Gasteiger partial charge in [0.25, 0.3) is 0 Å². The van der Waals surface area contributed by atoms with Gasteiger partial charge >= 0.3 is 0 Å².